The van der Waals surface area contributed by atoms with Gasteiger partial charge in [0.15, 0.2) is 5.96 Å². The Labute approximate surface area is 165 Å². The zero-order chi connectivity index (χ0) is 18.9. The molecule has 9 nitrogen and oxygen atoms in total. The quantitative estimate of drug-likeness (QED) is 0.227. The average molecular weight is 438 g/mol. The fourth-order valence-electron chi connectivity index (χ4n) is 2.62. The summed E-state index contributed by atoms with van der Waals surface area (Å²) in [4.78, 5) is 29.5. The van der Waals surface area contributed by atoms with Crippen LogP contribution in [0.2, 0.25) is 0 Å². The van der Waals surface area contributed by atoms with E-state index >= 15 is 0 Å². The Morgan fingerprint density at radius 1 is 1.35 bits per heavy atom. The molecule has 0 bridgehead atoms. The lowest BCUT2D eigenvalue weighted by Gasteiger charge is -2.24. The minimum Gasteiger partial charge on any atom is -0.396 e. The molecule has 6 N–H and O–H groups in total. The van der Waals surface area contributed by atoms with Crippen LogP contribution >= 0.6 is 17.0 Å². The summed E-state index contributed by atoms with van der Waals surface area (Å²) >= 11 is 0. The highest BCUT2D eigenvalue weighted by Crippen LogP contribution is 2.29. The fraction of sp³-hybridized carbons (Fsp3) is 0.812. The van der Waals surface area contributed by atoms with Crippen molar-refractivity contribution < 1.29 is 19.8 Å². The largest absolute Gasteiger partial charge is 0.396 e. The molecule has 0 aromatic carbocycles. The lowest BCUT2D eigenvalue weighted by molar-refractivity contribution is -0.126. The van der Waals surface area contributed by atoms with E-state index in [2.05, 4.69) is 15.6 Å². The highest BCUT2D eigenvalue weighted by atomic mass is 79.9. The Balaban J connectivity index is 0.00000625. The molecule has 0 saturated carbocycles. The molecule has 2 amide bonds. The summed E-state index contributed by atoms with van der Waals surface area (Å²) in [6.07, 6.45) is 1.51. The number of amides is 2. The predicted octanol–water partition coefficient (Wildman–Crippen LogP) is -1.17. The molecule has 1 saturated heterocycles. The number of nitrogens with zero attached hydrogens (tertiary/aromatic N) is 2. The van der Waals surface area contributed by atoms with E-state index in [0.29, 0.717) is 51.4 Å². The maximum Gasteiger partial charge on any atom is 0.225 e. The lowest BCUT2D eigenvalue weighted by Crippen LogP contribution is -2.44. The number of guanidine groups is 1. The molecule has 1 aliphatic heterocycles. The van der Waals surface area contributed by atoms with E-state index < -0.39 is 5.41 Å². The Morgan fingerprint density at radius 3 is 2.50 bits per heavy atom. The first-order chi connectivity index (χ1) is 11.9. The van der Waals surface area contributed by atoms with E-state index in [-0.39, 0.29) is 47.9 Å². The number of hydrogen-bond donors (Lipinski definition) is 5. The van der Waals surface area contributed by atoms with Crippen molar-refractivity contribution in [2.75, 3.05) is 46.4 Å². The molecule has 1 fully saturated rings. The van der Waals surface area contributed by atoms with Crippen molar-refractivity contribution in [3.8, 4) is 0 Å². The maximum absolute atomic E-state index is 11.6. The third-order valence-corrected chi connectivity index (χ3v) is 4.60. The summed E-state index contributed by atoms with van der Waals surface area (Å²) < 4.78 is 0. The monoisotopic (exact) mass is 437 g/mol. The van der Waals surface area contributed by atoms with E-state index in [1.807, 2.05) is 11.8 Å². The minimum absolute atomic E-state index is 0. The predicted molar refractivity (Wildman–Crippen MR) is 105 cm³/mol. The van der Waals surface area contributed by atoms with Crippen molar-refractivity contribution in [3.63, 3.8) is 0 Å². The van der Waals surface area contributed by atoms with Crippen LogP contribution in [0.3, 0.4) is 0 Å². The van der Waals surface area contributed by atoms with Gasteiger partial charge in [-0.3, -0.25) is 14.6 Å². The van der Waals surface area contributed by atoms with Crippen molar-refractivity contribution in [1.82, 2.24) is 15.5 Å². The molecule has 10 heteroatoms. The molecule has 26 heavy (non-hydrogen) atoms. The van der Waals surface area contributed by atoms with E-state index in [1.54, 1.807) is 7.05 Å². The van der Waals surface area contributed by atoms with Crippen LogP contribution in [0.15, 0.2) is 4.99 Å². The molecule has 1 unspecified atom stereocenters. The summed E-state index contributed by atoms with van der Waals surface area (Å²) in [6, 6.07) is 0. The number of aliphatic hydroxyl groups excluding tert-OH is 2. The Morgan fingerprint density at radius 2 is 2.00 bits per heavy atom. The number of nitrogens with one attached hydrogen (secondary N) is 2. The number of hydrogen-bond acceptors (Lipinski definition) is 5. The van der Waals surface area contributed by atoms with Gasteiger partial charge < -0.3 is 31.5 Å². The van der Waals surface area contributed by atoms with E-state index in [4.69, 9.17) is 15.9 Å². The zero-order valence-corrected chi connectivity index (χ0v) is 17.2. The molecule has 1 atom stereocenters. The van der Waals surface area contributed by atoms with Crippen molar-refractivity contribution >= 4 is 34.8 Å². The number of halogens is 1. The standard InChI is InChI=1S/C16H31N5O4.BrH/c1-16(14(17)25)5-8-21(11-16)15(20-7-4-13(24)18-2)19-6-3-12(9-22)10-23;/h12,22-23H,3-11H2,1-2H3,(H2,17,25)(H,18,24)(H,19,20);1H. The van der Waals surface area contributed by atoms with Gasteiger partial charge in [-0.05, 0) is 19.8 Å². The highest BCUT2D eigenvalue weighted by molar-refractivity contribution is 8.93. The lowest BCUT2D eigenvalue weighted by atomic mass is 9.89. The summed E-state index contributed by atoms with van der Waals surface area (Å²) in [5.74, 6) is 0.00467. The molecule has 0 aromatic rings. The van der Waals surface area contributed by atoms with Crippen LogP contribution in [0.1, 0.15) is 26.2 Å². The Bertz CT molecular complexity index is 487. The van der Waals surface area contributed by atoms with E-state index in [9.17, 15) is 9.59 Å². The van der Waals surface area contributed by atoms with Gasteiger partial charge in [0.05, 0.1) is 5.41 Å². The SMILES string of the molecule is Br.CNC(=O)CCNC(=NCCC(CO)CO)N1CCC(C)(C(N)=O)C1. The summed E-state index contributed by atoms with van der Waals surface area (Å²) in [6.45, 7) is 3.63. The first kappa shape index (κ1) is 24.6. The third kappa shape index (κ3) is 7.46. The van der Waals surface area contributed by atoms with Gasteiger partial charge in [0.2, 0.25) is 11.8 Å². The second-order valence-electron chi connectivity index (χ2n) is 6.67. The van der Waals surface area contributed by atoms with Crippen LogP contribution in [0.4, 0.5) is 0 Å². The van der Waals surface area contributed by atoms with E-state index in [0.717, 1.165) is 0 Å². The molecule has 1 rings (SSSR count). The average Bonchev–Trinajstić information content (AvgIpc) is 3.00. The van der Waals surface area contributed by atoms with Crippen LogP contribution in [-0.4, -0.2) is 79.3 Å². The first-order valence-electron chi connectivity index (χ1n) is 8.61. The van der Waals surface area contributed by atoms with Crippen LogP contribution in [0.25, 0.3) is 0 Å². The first-order valence-corrected chi connectivity index (χ1v) is 8.61. The van der Waals surface area contributed by atoms with Crippen LogP contribution in [0, 0.1) is 11.3 Å². The molecule has 0 aliphatic carbocycles. The van der Waals surface area contributed by atoms with Gasteiger partial charge in [0.25, 0.3) is 0 Å². The summed E-state index contributed by atoms with van der Waals surface area (Å²) in [5, 5.41) is 24.0. The van der Waals surface area contributed by atoms with Crippen molar-refractivity contribution in [2.24, 2.45) is 22.1 Å². The van der Waals surface area contributed by atoms with Gasteiger partial charge in [-0.2, -0.15) is 0 Å². The van der Waals surface area contributed by atoms with Gasteiger partial charge in [-0.1, -0.05) is 0 Å². The van der Waals surface area contributed by atoms with Gasteiger partial charge in [0, 0.05) is 58.8 Å². The zero-order valence-electron chi connectivity index (χ0n) is 15.5. The van der Waals surface area contributed by atoms with Crippen LogP contribution in [-0.2, 0) is 9.59 Å². The fourth-order valence-corrected chi connectivity index (χ4v) is 2.62. The van der Waals surface area contributed by atoms with Crippen molar-refractivity contribution in [1.29, 1.82) is 0 Å². The molecular formula is C16H32BrN5O4. The van der Waals surface area contributed by atoms with Gasteiger partial charge in [0.1, 0.15) is 0 Å². The molecule has 0 aromatic heterocycles. The topological polar surface area (TPSA) is 140 Å². The summed E-state index contributed by atoms with van der Waals surface area (Å²) in [7, 11) is 1.58. The second-order valence-corrected chi connectivity index (χ2v) is 6.67. The number of aliphatic imine (C=N–C) groups is 1. The molecule has 152 valence electrons. The second kappa shape index (κ2) is 12.1. The number of likely N-dealkylation sites (tertiary alicyclic amines) is 1. The molecule has 0 spiro atoms. The van der Waals surface area contributed by atoms with E-state index in [1.165, 1.54) is 0 Å². The number of primary amides is 1. The maximum atomic E-state index is 11.6. The van der Waals surface area contributed by atoms with Crippen LogP contribution < -0.4 is 16.4 Å². The van der Waals surface area contributed by atoms with Gasteiger partial charge >= 0.3 is 0 Å². The molecule has 0 radical (unpaired) electrons. The minimum atomic E-state index is -0.595. The number of carbonyl (C=O) groups is 2. The van der Waals surface area contributed by atoms with Gasteiger partial charge in [-0.15, -0.1) is 17.0 Å². The smallest absolute Gasteiger partial charge is 0.225 e. The molecule has 1 aliphatic rings. The van der Waals surface area contributed by atoms with Crippen molar-refractivity contribution in [2.45, 2.75) is 26.2 Å². The Kier molecular flexibility index (Phi) is 11.4. The normalized spacial score (nSPS) is 20.0. The van der Waals surface area contributed by atoms with Gasteiger partial charge in [-0.25, -0.2) is 0 Å². The summed E-state index contributed by atoms with van der Waals surface area (Å²) in [5.41, 5.74) is 4.90. The van der Waals surface area contributed by atoms with Crippen LogP contribution in [0.5, 0.6) is 0 Å². The molecular weight excluding hydrogens is 406 g/mol. The highest BCUT2D eigenvalue weighted by Gasteiger charge is 2.40. The Hall–Kier alpha value is -1.39. The van der Waals surface area contributed by atoms with Crippen molar-refractivity contribution in [3.05, 3.63) is 0 Å². The third-order valence-electron chi connectivity index (χ3n) is 4.60. The number of aliphatic hydroxyl groups is 2. The number of rotatable bonds is 9. The number of nitrogens with two attached hydrogens (primary N) is 1. The molecule has 1 heterocycles. The number of carbonyl (C=O) groups excluding carboxylic acids is 2.